The summed E-state index contributed by atoms with van der Waals surface area (Å²) in [6, 6.07) is 2.20. The Morgan fingerprint density at radius 3 is 2.92 bits per heavy atom. The van der Waals surface area contributed by atoms with Crippen molar-refractivity contribution in [3.63, 3.8) is 0 Å². The second-order valence-electron chi connectivity index (χ2n) is 7.00. The number of amides is 1. The van der Waals surface area contributed by atoms with Crippen molar-refractivity contribution in [3.05, 3.63) is 21.9 Å². The lowest BCUT2D eigenvalue weighted by Crippen LogP contribution is -2.45. The van der Waals surface area contributed by atoms with Gasteiger partial charge in [0, 0.05) is 38.2 Å². The predicted octanol–water partition coefficient (Wildman–Crippen LogP) is 2.33. The largest absolute Gasteiger partial charge is 0.375 e. The molecule has 2 fully saturated rings. The number of hydrogen-bond acceptors (Lipinski definition) is 5. The lowest BCUT2D eigenvalue weighted by molar-refractivity contribution is -0.126. The molecule has 0 bridgehead atoms. The summed E-state index contributed by atoms with van der Waals surface area (Å²) in [5, 5.41) is 5.07. The fourth-order valence-corrected chi connectivity index (χ4v) is 4.65. The standard InChI is InChI=1S/C18H28N2O3S/c1-14-4-10-24-16(14)12-20-8-6-18(7-9-20)5-3-15(23-18)11-19-17(21)13-22-2/h4,10,15H,3,5-9,11-13H2,1-2H3,(H,19,21). The van der Waals surface area contributed by atoms with E-state index < -0.39 is 0 Å². The lowest BCUT2D eigenvalue weighted by atomic mass is 9.88. The Bertz CT molecular complexity index is 552. The van der Waals surface area contributed by atoms with Gasteiger partial charge in [0.25, 0.3) is 0 Å². The minimum Gasteiger partial charge on any atom is -0.375 e. The van der Waals surface area contributed by atoms with Crippen LogP contribution in [0, 0.1) is 6.92 Å². The van der Waals surface area contributed by atoms with Crippen LogP contribution >= 0.6 is 11.3 Å². The van der Waals surface area contributed by atoms with Crippen LogP contribution in [0.3, 0.4) is 0 Å². The average molecular weight is 353 g/mol. The summed E-state index contributed by atoms with van der Waals surface area (Å²) >= 11 is 1.86. The molecule has 0 radical (unpaired) electrons. The van der Waals surface area contributed by atoms with Gasteiger partial charge in [-0.25, -0.2) is 0 Å². The normalized spacial score (nSPS) is 23.7. The number of thiophene rings is 1. The van der Waals surface area contributed by atoms with E-state index in [1.54, 1.807) is 0 Å². The Morgan fingerprint density at radius 2 is 2.25 bits per heavy atom. The molecule has 3 rings (SSSR count). The van der Waals surface area contributed by atoms with Crippen LogP contribution in [0.25, 0.3) is 0 Å². The van der Waals surface area contributed by atoms with Crippen LogP contribution in [0.15, 0.2) is 11.4 Å². The van der Waals surface area contributed by atoms with Gasteiger partial charge in [-0.3, -0.25) is 9.69 Å². The molecule has 2 aliphatic rings. The van der Waals surface area contributed by atoms with E-state index in [1.165, 1.54) is 17.6 Å². The molecule has 0 aromatic carbocycles. The molecule has 5 nitrogen and oxygen atoms in total. The van der Waals surface area contributed by atoms with Gasteiger partial charge in [0.15, 0.2) is 0 Å². The van der Waals surface area contributed by atoms with Crippen molar-refractivity contribution in [1.82, 2.24) is 10.2 Å². The Kier molecular flexibility index (Phi) is 5.92. The number of piperidine rings is 1. The Labute approximate surface area is 148 Å². The average Bonchev–Trinajstić information content (AvgIpc) is 3.15. The van der Waals surface area contributed by atoms with E-state index in [0.717, 1.165) is 45.3 Å². The van der Waals surface area contributed by atoms with Gasteiger partial charge in [-0.15, -0.1) is 11.3 Å². The minimum atomic E-state index is -0.0665. The predicted molar refractivity (Wildman–Crippen MR) is 95.3 cm³/mol. The van der Waals surface area contributed by atoms with Crippen LogP contribution < -0.4 is 5.32 Å². The summed E-state index contributed by atoms with van der Waals surface area (Å²) < 4.78 is 11.2. The van der Waals surface area contributed by atoms with Crippen molar-refractivity contribution in [1.29, 1.82) is 0 Å². The highest BCUT2D eigenvalue weighted by atomic mass is 32.1. The minimum absolute atomic E-state index is 0.0393. The highest BCUT2D eigenvalue weighted by Gasteiger charge is 2.42. The molecule has 2 aliphatic heterocycles. The molecule has 1 unspecified atom stereocenters. The topological polar surface area (TPSA) is 50.8 Å². The first-order valence-corrected chi connectivity index (χ1v) is 9.67. The molecule has 6 heteroatoms. The van der Waals surface area contributed by atoms with Crippen molar-refractivity contribution in [2.24, 2.45) is 0 Å². The summed E-state index contributed by atoms with van der Waals surface area (Å²) in [6.07, 6.45) is 4.50. The number of aryl methyl sites for hydroxylation is 1. The molecule has 1 amide bonds. The number of carbonyl (C=O) groups excluding carboxylic acids is 1. The SMILES string of the molecule is COCC(=O)NCC1CCC2(CCN(Cc3sccc3C)CC2)O1. The summed E-state index contributed by atoms with van der Waals surface area (Å²) in [4.78, 5) is 15.5. The second-order valence-corrected chi connectivity index (χ2v) is 8.00. The number of ether oxygens (including phenoxy) is 2. The van der Waals surface area contributed by atoms with Crippen LogP contribution in [-0.4, -0.2) is 55.9 Å². The van der Waals surface area contributed by atoms with Gasteiger partial charge in [-0.1, -0.05) is 0 Å². The Balaban J connectivity index is 1.43. The fraction of sp³-hybridized carbons (Fsp3) is 0.722. The van der Waals surface area contributed by atoms with Crippen molar-refractivity contribution in [2.45, 2.75) is 50.9 Å². The van der Waals surface area contributed by atoms with Crippen molar-refractivity contribution in [2.75, 3.05) is 33.4 Å². The number of nitrogens with one attached hydrogen (secondary N) is 1. The Hall–Kier alpha value is -0.950. The van der Waals surface area contributed by atoms with Crippen LogP contribution in [0.1, 0.15) is 36.1 Å². The van der Waals surface area contributed by atoms with Gasteiger partial charge in [0.05, 0.1) is 11.7 Å². The van der Waals surface area contributed by atoms with Crippen molar-refractivity contribution < 1.29 is 14.3 Å². The third-order valence-electron chi connectivity index (χ3n) is 5.24. The molecule has 1 aromatic heterocycles. The maximum Gasteiger partial charge on any atom is 0.246 e. The third kappa shape index (κ3) is 4.36. The van der Waals surface area contributed by atoms with E-state index in [4.69, 9.17) is 9.47 Å². The van der Waals surface area contributed by atoms with Crippen molar-refractivity contribution >= 4 is 17.2 Å². The molecular formula is C18H28N2O3S. The van der Waals surface area contributed by atoms with Crippen LogP contribution in [0.4, 0.5) is 0 Å². The van der Waals surface area contributed by atoms with Gasteiger partial charge in [-0.05, 0) is 49.6 Å². The monoisotopic (exact) mass is 352 g/mol. The zero-order valence-electron chi connectivity index (χ0n) is 14.7. The van der Waals surface area contributed by atoms with Crippen molar-refractivity contribution in [3.8, 4) is 0 Å². The fourth-order valence-electron chi connectivity index (χ4n) is 3.70. The first-order valence-electron chi connectivity index (χ1n) is 8.79. The molecule has 1 atom stereocenters. The first kappa shape index (κ1) is 17.9. The smallest absolute Gasteiger partial charge is 0.246 e. The molecule has 2 saturated heterocycles. The number of nitrogens with zero attached hydrogens (tertiary/aromatic N) is 1. The second kappa shape index (κ2) is 7.95. The molecule has 1 aromatic rings. The number of rotatable bonds is 6. The lowest BCUT2D eigenvalue weighted by Gasteiger charge is -2.39. The zero-order chi connectivity index (χ0) is 17.0. The third-order valence-corrected chi connectivity index (χ3v) is 6.25. The zero-order valence-corrected chi connectivity index (χ0v) is 15.5. The van der Waals surface area contributed by atoms with E-state index in [-0.39, 0.29) is 24.2 Å². The quantitative estimate of drug-likeness (QED) is 0.854. The number of methoxy groups -OCH3 is 1. The van der Waals surface area contributed by atoms with E-state index in [9.17, 15) is 4.79 Å². The van der Waals surface area contributed by atoms with Gasteiger partial charge < -0.3 is 14.8 Å². The van der Waals surface area contributed by atoms with Crippen LogP contribution in [0.2, 0.25) is 0 Å². The summed E-state index contributed by atoms with van der Waals surface area (Å²) in [7, 11) is 1.53. The highest BCUT2D eigenvalue weighted by Crippen LogP contribution is 2.39. The maximum atomic E-state index is 11.5. The molecule has 1 N–H and O–H groups in total. The molecule has 24 heavy (non-hydrogen) atoms. The number of carbonyl (C=O) groups is 1. The number of likely N-dealkylation sites (tertiary alicyclic amines) is 1. The molecule has 134 valence electrons. The molecule has 3 heterocycles. The van der Waals surface area contributed by atoms with Crippen LogP contribution in [0.5, 0.6) is 0 Å². The maximum absolute atomic E-state index is 11.5. The molecule has 0 saturated carbocycles. The van der Waals surface area contributed by atoms with E-state index in [2.05, 4.69) is 28.6 Å². The van der Waals surface area contributed by atoms with Gasteiger partial charge in [0.2, 0.25) is 5.91 Å². The molecule has 0 aliphatic carbocycles. The highest BCUT2D eigenvalue weighted by molar-refractivity contribution is 7.10. The van der Waals surface area contributed by atoms with E-state index in [1.807, 2.05) is 11.3 Å². The molecular weight excluding hydrogens is 324 g/mol. The summed E-state index contributed by atoms with van der Waals surface area (Å²) in [6.45, 7) is 6.17. The Morgan fingerprint density at radius 1 is 1.46 bits per heavy atom. The molecule has 1 spiro atoms. The van der Waals surface area contributed by atoms with Crippen LogP contribution in [-0.2, 0) is 20.8 Å². The number of hydrogen-bond donors (Lipinski definition) is 1. The van der Waals surface area contributed by atoms with E-state index in [0.29, 0.717) is 6.54 Å². The van der Waals surface area contributed by atoms with Gasteiger partial charge in [-0.2, -0.15) is 0 Å². The van der Waals surface area contributed by atoms with E-state index >= 15 is 0 Å². The van der Waals surface area contributed by atoms with Gasteiger partial charge >= 0.3 is 0 Å². The summed E-state index contributed by atoms with van der Waals surface area (Å²) in [5.41, 5.74) is 1.45. The first-order chi connectivity index (χ1) is 11.6. The summed E-state index contributed by atoms with van der Waals surface area (Å²) in [5.74, 6) is -0.0665. The van der Waals surface area contributed by atoms with Gasteiger partial charge in [0.1, 0.15) is 6.61 Å².